The second-order valence-corrected chi connectivity index (χ2v) is 5.80. The van der Waals surface area contributed by atoms with Crippen LogP contribution in [0.5, 0.6) is 0 Å². The van der Waals surface area contributed by atoms with Crippen molar-refractivity contribution < 1.29 is 22.7 Å². The van der Waals surface area contributed by atoms with Crippen LogP contribution in [0, 0.1) is 11.3 Å². The molecule has 2 aliphatic rings. The molecule has 1 aliphatic heterocycles. The van der Waals surface area contributed by atoms with Gasteiger partial charge in [0.05, 0.1) is 12.1 Å². The normalized spacial score (nSPS) is 21.1. The zero-order chi connectivity index (χ0) is 18.4. The molecule has 0 saturated carbocycles. The second kappa shape index (κ2) is 5.95. The molecule has 0 aromatic carbocycles. The molecular weight excluding hydrogens is 337 g/mol. The molecule has 0 amide bonds. The molecule has 9 heteroatoms. The number of hydrogen-bond donors (Lipinski definition) is 1. The molecule has 0 fully saturated rings. The fourth-order valence-electron chi connectivity index (χ4n) is 3.33. The van der Waals surface area contributed by atoms with Gasteiger partial charge >= 0.3 is 6.18 Å². The van der Waals surface area contributed by atoms with Gasteiger partial charge in [-0.05, 0) is 13.3 Å². The number of ether oxygens (including phenoxy) is 1. The van der Waals surface area contributed by atoms with Crippen LogP contribution in [0.4, 0.5) is 13.2 Å². The molecule has 1 aliphatic carbocycles. The lowest BCUT2D eigenvalue weighted by Gasteiger charge is -2.31. The Hall–Kier alpha value is -2.76. The van der Waals surface area contributed by atoms with Crippen molar-refractivity contribution in [3.63, 3.8) is 0 Å². The predicted octanol–water partition coefficient (Wildman–Crippen LogP) is 2.74. The third-order valence-electron chi connectivity index (χ3n) is 4.35. The SMILES string of the molecule is CCn1ncc([C@@H]2C(C#N)=C(N)OC3=C2C(=O)CCC3)c1C(F)(F)F. The van der Waals surface area contributed by atoms with Gasteiger partial charge in [-0.3, -0.25) is 9.48 Å². The van der Waals surface area contributed by atoms with Gasteiger partial charge in [-0.25, -0.2) is 0 Å². The minimum absolute atomic E-state index is 0.000994. The number of carbonyl (C=O) groups excluding carboxylic acids is 1. The maximum Gasteiger partial charge on any atom is 0.433 e. The lowest BCUT2D eigenvalue weighted by molar-refractivity contribution is -0.145. The molecule has 2 N–H and O–H groups in total. The van der Waals surface area contributed by atoms with Crippen molar-refractivity contribution in [1.82, 2.24) is 9.78 Å². The van der Waals surface area contributed by atoms with Gasteiger partial charge in [-0.1, -0.05) is 0 Å². The van der Waals surface area contributed by atoms with E-state index >= 15 is 0 Å². The summed E-state index contributed by atoms with van der Waals surface area (Å²) in [5.74, 6) is -1.56. The van der Waals surface area contributed by atoms with Crippen molar-refractivity contribution in [1.29, 1.82) is 5.26 Å². The molecule has 0 unspecified atom stereocenters. The summed E-state index contributed by atoms with van der Waals surface area (Å²) in [5.41, 5.74) is 4.40. The molecular formula is C16H15F3N4O2. The van der Waals surface area contributed by atoms with Crippen LogP contribution in [-0.4, -0.2) is 15.6 Å². The van der Waals surface area contributed by atoms with Crippen molar-refractivity contribution in [2.45, 2.75) is 44.8 Å². The van der Waals surface area contributed by atoms with Crippen molar-refractivity contribution in [3.8, 4) is 6.07 Å². The Morgan fingerprint density at radius 3 is 2.80 bits per heavy atom. The number of alkyl halides is 3. The van der Waals surface area contributed by atoms with E-state index in [0.29, 0.717) is 12.8 Å². The minimum atomic E-state index is -4.69. The Morgan fingerprint density at radius 2 is 2.20 bits per heavy atom. The minimum Gasteiger partial charge on any atom is -0.444 e. The van der Waals surface area contributed by atoms with E-state index in [9.17, 15) is 23.2 Å². The summed E-state index contributed by atoms with van der Waals surface area (Å²) in [4.78, 5) is 12.4. The molecule has 1 atom stereocenters. The summed E-state index contributed by atoms with van der Waals surface area (Å²) < 4.78 is 47.0. The summed E-state index contributed by atoms with van der Waals surface area (Å²) in [5, 5.41) is 13.2. The number of ketones is 1. The number of nitrogens with zero attached hydrogens (tertiary/aromatic N) is 3. The zero-order valence-electron chi connectivity index (χ0n) is 13.4. The number of allylic oxidation sites excluding steroid dienone is 3. The van der Waals surface area contributed by atoms with Gasteiger partial charge in [0.1, 0.15) is 23.1 Å². The molecule has 0 spiro atoms. The number of nitrogens with two attached hydrogens (primary N) is 1. The van der Waals surface area contributed by atoms with Gasteiger partial charge in [-0.2, -0.15) is 23.5 Å². The Bertz CT molecular complexity index is 843. The standard InChI is InChI=1S/C16H15F3N4O2/c1-2-23-14(16(17,18)19)9(7-22-23)12-8(6-20)15(21)25-11-5-3-4-10(24)13(11)12/h7,12H,2-5,21H2,1H3/t12-/m0/s1. The van der Waals surface area contributed by atoms with E-state index in [0.717, 1.165) is 10.9 Å². The second-order valence-electron chi connectivity index (χ2n) is 5.80. The fraction of sp³-hybridized carbons (Fsp3) is 0.438. The largest absolute Gasteiger partial charge is 0.444 e. The molecule has 1 aromatic heterocycles. The fourth-order valence-corrected chi connectivity index (χ4v) is 3.33. The van der Waals surface area contributed by atoms with Gasteiger partial charge in [0.2, 0.25) is 5.88 Å². The number of nitriles is 1. The first-order valence-corrected chi connectivity index (χ1v) is 7.76. The van der Waals surface area contributed by atoms with Crippen LogP contribution in [0.25, 0.3) is 0 Å². The molecule has 2 heterocycles. The highest BCUT2D eigenvalue weighted by Crippen LogP contribution is 2.46. The highest BCUT2D eigenvalue weighted by molar-refractivity contribution is 5.99. The smallest absolute Gasteiger partial charge is 0.433 e. The van der Waals surface area contributed by atoms with Crippen molar-refractivity contribution in [2.75, 3.05) is 0 Å². The number of carbonyl (C=O) groups is 1. The van der Waals surface area contributed by atoms with E-state index in [4.69, 9.17) is 10.5 Å². The van der Waals surface area contributed by atoms with Crippen LogP contribution in [0.2, 0.25) is 0 Å². The van der Waals surface area contributed by atoms with Gasteiger partial charge in [0.25, 0.3) is 0 Å². The van der Waals surface area contributed by atoms with Crippen LogP contribution in [0.1, 0.15) is 43.4 Å². The summed E-state index contributed by atoms with van der Waals surface area (Å²) in [7, 11) is 0. The molecule has 1 aromatic rings. The highest BCUT2D eigenvalue weighted by Gasteiger charge is 2.45. The molecule has 0 bridgehead atoms. The summed E-state index contributed by atoms with van der Waals surface area (Å²) in [6, 6.07) is 1.80. The quantitative estimate of drug-likeness (QED) is 0.883. The highest BCUT2D eigenvalue weighted by atomic mass is 19.4. The van der Waals surface area contributed by atoms with Crippen molar-refractivity contribution >= 4 is 5.78 Å². The summed E-state index contributed by atoms with van der Waals surface area (Å²) in [6.45, 7) is 1.53. The number of aryl methyl sites for hydroxylation is 1. The van der Waals surface area contributed by atoms with Gasteiger partial charge < -0.3 is 10.5 Å². The summed E-state index contributed by atoms with van der Waals surface area (Å²) >= 11 is 0. The molecule has 6 nitrogen and oxygen atoms in total. The van der Waals surface area contributed by atoms with E-state index < -0.39 is 17.8 Å². The first kappa shape index (κ1) is 17.1. The molecule has 0 radical (unpaired) electrons. The lowest BCUT2D eigenvalue weighted by Crippen LogP contribution is -2.29. The Morgan fingerprint density at radius 1 is 1.48 bits per heavy atom. The number of rotatable bonds is 2. The monoisotopic (exact) mass is 352 g/mol. The third-order valence-corrected chi connectivity index (χ3v) is 4.35. The summed E-state index contributed by atoms with van der Waals surface area (Å²) in [6.07, 6.45) is -2.52. The maximum atomic E-state index is 13.6. The number of Topliss-reactive ketones (excluding diaryl/α,β-unsaturated/α-hetero) is 1. The van der Waals surface area contributed by atoms with E-state index in [-0.39, 0.29) is 47.1 Å². The zero-order valence-corrected chi connectivity index (χ0v) is 13.4. The topological polar surface area (TPSA) is 93.9 Å². The number of hydrogen-bond acceptors (Lipinski definition) is 5. The van der Waals surface area contributed by atoms with E-state index in [2.05, 4.69) is 5.10 Å². The molecule has 3 rings (SSSR count). The van der Waals surface area contributed by atoms with E-state index in [1.54, 1.807) is 6.07 Å². The van der Waals surface area contributed by atoms with Gasteiger partial charge in [-0.15, -0.1) is 0 Å². The maximum absolute atomic E-state index is 13.6. The Kier molecular flexibility index (Phi) is 4.06. The van der Waals surface area contributed by atoms with Crippen LogP contribution >= 0.6 is 0 Å². The van der Waals surface area contributed by atoms with Crippen molar-refractivity contribution in [3.05, 3.63) is 40.2 Å². The lowest BCUT2D eigenvalue weighted by atomic mass is 9.77. The van der Waals surface area contributed by atoms with Crippen molar-refractivity contribution in [2.24, 2.45) is 5.73 Å². The Labute approximate surface area is 141 Å². The van der Waals surface area contributed by atoms with Crippen LogP contribution in [0.3, 0.4) is 0 Å². The molecule has 132 valence electrons. The van der Waals surface area contributed by atoms with Crippen LogP contribution < -0.4 is 5.73 Å². The number of halogens is 3. The average molecular weight is 352 g/mol. The first-order chi connectivity index (χ1) is 11.8. The average Bonchev–Trinajstić information content (AvgIpc) is 2.97. The van der Waals surface area contributed by atoms with E-state index in [1.807, 2.05) is 0 Å². The Balaban J connectivity index is 2.27. The molecule has 0 saturated heterocycles. The van der Waals surface area contributed by atoms with Crippen LogP contribution in [0.15, 0.2) is 29.0 Å². The van der Waals surface area contributed by atoms with Crippen LogP contribution in [-0.2, 0) is 22.3 Å². The van der Waals surface area contributed by atoms with E-state index in [1.165, 1.54) is 6.92 Å². The first-order valence-electron chi connectivity index (χ1n) is 7.76. The van der Waals surface area contributed by atoms with Gasteiger partial charge in [0.15, 0.2) is 5.78 Å². The molecule has 25 heavy (non-hydrogen) atoms. The third kappa shape index (κ3) is 2.67. The predicted molar refractivity (Wildman–Crippen MR) is 79.4 cm³/mol. The van der Waals surface area contributed by atoms with Gasteiger partial charge in [0, 0.05) is 30.5 Å². The number of aromatic nitrogens is 2.